The van der Waals surface area contributed by atoms with Crippen LogP contribution in [0.4, 0.5) is 0 Å². The molecule has 0 aliphatic carbocycles. The van der Waals surface area contributed by atoms with Crippen molar-refractivity contribution in [1.29, 1.82) is 0 Å². The van der Waals surface area contributed by atoms with Crippen LogP contribution in [0.15, 0.2) is 24.4 Å². The van der Waals surface area contributed by atoms with Crippen LogP contribution in [0.25, 0.3) is 10.7 Å². The standard InChI is InChI=1S/C10H7ClN2O2S/c11-9-7(5-8(14)15)13-10(16-9)6-3-1-2-4-12-6/h1-4H,5H2,(H,14,15). The van der Waals surface area contributed by atoms with Gasteiger partial charge in [0, 0.05) is 6.20 Å². The van der Waals surface area contributed by atoms with E-state index in [0.717, 1.165) is 0 Å². The van der Waals surface area contributed by atoms with Crippen LogP contribution >= 0.6 is 22.9 Å². The summed E-state index contributed by atoms with van der Waals surface area (Å²) in [6.07, 6.45) is 1.49. The molecular weight excluding hydrogens is 248 g/mol. The minimum atomic E-state index is -0.945. The molecule has 4 nitrogen and oxygen atoms in total. The summed E-state index contributed by atoms with van der Waals surface area (Å²) in [6, 6.07) is 5.45. The van der Waals surface area contributed by atoms with Crippen LogP contribution in [0.2, 0.25) is 4.34 Å². The summed E-state index contributed by atoms with van der Waals surface area (Å²) >= 11 is 7.14. The van der Waals surface area contributed by atoms with E-state index in [0.29, 0.717) is 20.7 Å². The van der Waals surface area contributed by atoms with Gasteiger partial charge < -0.3 is 5.11 Å². The van der Waals surface area contributed by atoms with E-state index < -0.39 is 5.97 Å². The Morgan fingerprint density at radius 1 is 1.50 bits per heavy atom. The van der Waals surface area contributed by atoms with Crippen LogP contribution in [0, 0.1) is 0 Å². The van der Waals surface area contributed by atoms with E-state index >= 15 is 0 Å². The molecule has 6 heteroatoms. The molecule has 0 spiro atoms. The molecule has 0 saturated heterocycles. The first-order valence-corrected chi connectivity index (χ1v) is 5.64. The van der Waals surface area contributed by atoms with Gasteiger partial charge in [-0.15, -0.1) is 0 Å². The minimum Gasteiger partial charge on any atom is -0.481 e. The first-order valence-electron chi connectivity index (χ1n) is 4.45. The molecule has 0 aromatic carbocycles. The second-order valence-electron chi connectivity index (χ2n) is 3.02. The van der Waals surface area contributed by atoms with E-state index in [9.17, 15) is 4.79 Å². The summed E-state index contributed by atoms with van der Waals surface area (Å²) in [7, 11) is 0. The fraction of sp³-hybridized carbons (Fsp3) is 0.100. The Morgan fingerprint density at radius 2 is 2.31 bits per heavy atom. The third-order valence-corrected chi connectivity index (χ3v) is 3.21. The summed E-state index contributed by atoms with van der Waals surface area (Å²) in [4.78, 5) is 18.8. The Morgan fingerprint density at radius 3 is 2.94 bits per heavy atom. The molecule has 82 valence electrons. The summed E-state index contributed by atoms with van der Waals surface area (Å²) < 4.78 is 0.406. The predicted molar refractivity (Wildman–Crippen MR) is 61.7 cm³/mol. The zero-order valence-corrected chi connectivity index (χ0v) is 9.63. The van der Waals surface area contributed by atoms with Crippen LogP contribution in [0.5, 0.6) is 0 Å². The van der Waals surface area contributed by atoms with Crippen LogP contribution in [-0.2, 0) is 11.2 Å². The first-order chi connectivity index (χ1) is 7.66. The maximum Gasteiger partial charge on any atom is 0.309 e. The van der Waals surface area contributed by atoms with Crippen molar-refractivity contribution in [2.45, 2.75) is 6.42 Å². The van der Waals surface area contributed by atoms with E-state index in [2.05, 4.69) is 9.97 Å². The lowest BCUT2D eigenvalue weighted by atomic mass is 10.3. The molecule has 2 aromatic rings. The highest BCUT2D eigenvalue weighted by Crippen LogP contribution is 2.30. The van der Waals surface area contributed by atoms with Crippen molar-refractivity contribution in [3.8, 4) is 10.7 Å². The first kappa shape index (κ1) is 11.0. The number of carboxylic acid groups (broad SMARTS) is 1. The van der Waals surface area contributed by atoms with Crippen molar-refractivity contribution in [3.63, 3.8) is 0 Å². The number of thiazole rings is 1. The largest absolute Gasteiger partial charge is 0.481 e. The summed E-state index contributed by atoms with van der Waals surface area (Å²) in [5.41, 5.74) is 1.09. The lowest BCUT2D eigenvalue weighted by molar-refractivity contribution is -0.136. The van der Waals surface area contributed by atoms with Crippen LogP contribution in [-0.4, -0.2) is 21.0 Å². The predicted octanol–water partition coefficient (Wildman–Crippen LogP) is 2.49. The van der Waals surface area contributed by atoms with Gasteiger partial charge in [0.2, 0.25) is 0 Å². The van der Waals surface area contributed by atoms with Gasteiger partial charge in [0.1, 0.15) is 9.34 Å². The molecule has 0 aliphatic heterocycles. The van der Waals surface area contributed by atoms with Gasteiger partial charge in [-0.25, -0.2) is 4.98 Å². The fourth-order valence-electron chi connectivity index (χ4n) is 1.18. The Labute approximate surface area is 101 Å². The van der Waals surface area contributed by atoms with Gasteiger partial charge in [0.15, 0.2) is 0 Å². The van der Waals surface area contributed by atoms with E-state index in [1.807, 2.05) is 6.07 Å². The number of rotatable bonds is 3. The molecule has 2 heterocycles. The summed E-state index contributed by atoms with van der Waals surface area (Å²) in [5.74, 6) is -0.945. The fourth-order valence-corrected chi connectivity index (χ4v) is 2.30. The SMILES string of the molecule is O=C(O)Cc1nc(-c2ccccn2)sc1Cl. The van der Waals surface area contributed by atoms with Crippen molar-refractivity contribution in [2.24, 2.45) is 0 Å². The molecule has 0 saturated carbocycles. The molecule has 0 unspecified atom stereocenters. The van der Waals surface area contributed by atoms with E-state index in [1.165, 1.54) is 11.3 Å². The monoisotopic (exact) mass is 254 g/mol. The van der Waals surface area contributed by atoms with Gasteiger partial charge in [-0.3, -0.25) is 9.78 Å². The number of pyridine rings is 1. The Balaban J connectivity index is 2.34. The van der Waals surface area contributed by atoms with E-state index in [4.69, 9.17) is 16.7 Å². The Bertz CT molecular complexity index is 513. The molecule has 0 radical (unpaired) electrons. The van der Waals surface area contributed by atoms with Gasteiger partial charge >= 0.3 is 5.97 Å². The smallest absolute Gasteiger partial charge is 0.309 e. The quantitative estimate of drug-likeness (QED) is 0.914. The summed E-state index contributed by atoms with van der Waals surface area (Å²) in [5, 5.41) is 9.30. The number of carbonyl (C=O) groups is 1. The van der Waals surface area contributed by atoms with E-state index in [1.54, 1.807) is 18.3 Å². The van der Waals surface area contributed by atoms with Crippen molar-refractivity contribution in [3.05, 3.63) is 34.4 Å². The van der Waals surface area contributed by atoms with Gasteiger partial charge in [0.05, 0.1) is 17.8 Å². The average Bonchev–Trinajstić information content (AvgIpc) is 2.61. The van der Waals surface area contributed by atoms with Gasteiger partial charge in [-0.05, 0) is 12.1 Å². The van der Waals surface area contributed by atoms with Gasteiger partial charge in [-0.1, -0.05) is 29.0 Å². The molecule has 0 bridgehead atoms. The zero-order chi connectivity index (χ0) is 11.5. The number of aliphatic carboxylic acids is 1. The van der Waals surface area contributed by atoms with Crippen molar-refractivity contribution >= 4 is 28.9 Å². The molecule has 16 heavy (non-hydrogen) atoms. The van der Waals surface area contributed by atoms with Crippen LogP contribution in [0.3, 0.4) is 0 Å². The molecule has 2 aromatic heterocycles. The normalized spacial score (nSPS) is 10.3. The summed E-state index contributed by atoms with van der Waals surface area (Å²) in [6.45, 7) is 0. The van der Waals surface area contributed by atoms with Crippen molar-refractivity contribution < 1.29 is 9.90 Å². The topological polar surface area (TPSA) is 63.1 Å². The molecule has 0 fully saturated rings. The number of hydrogen-bond donors (Lipinski definition) is 1. The van der Waals surface area contributed by atoms with Gasteiger partial charge in [0.25, 0.3) is 0 Å². The van der Waals surface area contributed by atoms with Crippen molar-refractivity contribution in [1.82, 2.24) is 9.97 Å². The average molecular weight is 255 g/mol. The maximum atomic E-state index is 10.6. The van der Waals surface area contributed by atoms with Crippen LogP contribution < -0.4 is 0 Å². The third-order valence-electron chi connectivity index (χ3n) is 1.85. The van der Waals surface area contributed by atoms with Crippen LogP contribution in [0.1, 0.15) is 5.69 Å². The highest BCUT2D eigenvalue weighted by Gasteiger charge is 2.13. The van der Waals surface area contributed by atoms with Crippen molar-refractivity contribution in [2.75, 3.05) is 0 Å². The lowest BCUT2D eigenvalue weighted by Crippen LogP contribution is -2.00. The second kappa shape index (κ2) is 4.59. The minimum absolute atomic E-state index is 0.165. The molecule has 2 rings (SSSR count). The number of carboxylic acids is 1. The highest BCUT2D eigenvalue weighted by molar-refractivity contribution is 7.19. The highest BCUT2D eigenvalue weighted by atomic mass is 35.5. The number of halogens is 1. The Hall–Kier alpha value is -1.46. The van der Waals surface area contributed by atoms with Gasteiger partial charge in [-0.2, -0.15) is 0 Å². The molecule has 0 aliphatic rings. The Kier molecular flexibility index (Phi) is 3.17. The number of hydrogen-bond acceptors (Lipinski definition) is 4. The maximum absolute atomic E-state index is 10.6. The lowest BCUT2D eigenvalue weighted by Gasteiger charge is -1.92. The molecule has 1 N–H and O–H groups in total. The molecule has 0 atom stereocenters. The number of nitrogens with zero attached hydrogens (tertiary/aromatic N) is 2. The second-order valence-corrected chi connectivity index (χ2v) is 4.63. The number of aromatic nitrogens is 2. The zero-order valence-electron chi connectivity index (χ0n) is 8.05. The third kappa shape index (κ3) is 2.37. The molecular formula is C10H7ClN2O2S. The van der Waals surface area contributed by atoms with E-state index in [-0.39, 0.29) is 6.42 Å². The molecule has 0 amide bonds.